The molecule has 0 atom stereocenters. The van der Waals surface area contributed by atoms with Gasteiger partial charge >= 0.3 is 6.03 Å². The number of hydrogen-bond acceptors (Lipinski definition) is 5. The van der Waals surface area contributed by atoms with Crippen molar-refractivity contribution < 1.29 is 14.0 Å². The molecule has 2 heterocycles. The molecule has 3 N–H and O–H groups in total. The summed E-state index contributed by atoms with van der Waals surface area (Å²) in [5.74, 6) is -0.243. The Labute approximate surface area is 234 Å². The summed E-state index contributed by atoms with van der Waals surface area (Å²) in [6, 6.07) is 28.0. The highest BCUT2D eigenvalue weighted by molar-refractivity contribution is 7.99. The Kier molecular flexibility index (Phi) is 8.17. The predicted octanol–water partition coefficient (Wildman–Crippen LogP) is 6.15. The second kappa shape index (κ2) is 12.3. The highest BCUT2D eigenvalue weighted by Gasteiger charge is 2.14. The van der Waals surface area contributed by atoms with E-state index in [0.29, 0.717) is 29.3 Å². The second-order valence-electron chi connectivity index (χ2n) is 8.74. The number of anilines is 2. The van der Waals surface area contributed by atoms with Crippen molar-refractivity contribution in [3.05, 3.63) is 126 Å². The lowest BCUT2D eigenvalue weighted by atomic mass is 10.1. The molecule has 0 radical (unpaired) electrons. The quantitative estimate of drug-likeness (QED) is 0.214. The summed E-state index contributed by atoms with van der Waals surface area (Å²) in [7, 11) is 1.56. The average Bonchev–Trinajstić information content (AvgIpc) is 3.36. The molecule has 0 aliphatic heterocycles. The van der Waals surface area contributed by atoms with E-state index in [1.54, 1.807) is 49.6 Å². The summed E-state index contributed by atoms with van der Waals surface area (Å²) in [6.45, 7) is 0. The monoisotopic (exact) mass is 552 g/mol. The summed E-state index contributed by atoms with van der Waals surface area (Å²) < 4.78 is 15.5. The predicted molar refractivity (Wildman–Crippen MR) is 154 cm³/mol. The van der Waals surface area contributed by atoms with Crippen LogP contribution in [0.25, 0.3) is 5.69 Å². The maximum atomic E-state index is 14.0. The van der Waals surface area contributed by atoms with Crippen LogP contribution >= 0.6 is 11.8 Å². The molecule has 3 amide bonds. The van der Waals surface area contributed by atoms with Crippen molar-refractivity contribution >= 4 is 35.2 Å². The van der Waals surface area contributed by atoms with Gasteiger partial charge in [-0.25, -0.2) is 13.9 Å². The summed E-state index contributed by atoms with van der Waals surface area (Å²) in [4.78, 5) is 30.6. The van der Waals surface area contributed by atoms with Gasteiger partial charge in [0.05, 0.1) is 11.4 Å². The molecule has 10 heteroatoms. The van der Waals surface area contributed by atoms with Crippen LogP contribution in [0.1, 0.15) is 21.7 Å². The first kappa shape index (κ1) is 26.6. The number of carbonyl (C=O) groups excluding carboxylic acids is 2. The first-order chi connectivity index (χ1) is 19.5. The van der Waals surface area contributed by atoms with Crippen molar-refractivity contribution in [2.75, 3.05) is 17.7 Å². The molecule has 3 aromatic carbocycles. The number of amides is 3. The summed E-state index contributed by atoms with van der Waals surface area (Å²) in [5, 5.41) is 12.9. The minimum atomic E-state index is -0.464. The first-order valence-corrected chi connectivity index (χ1v) is 13.2. The molecule has 0 saturated heterocycles. The molecule has 5 rings (SSSR count). The van der Waals surface area contributed by atoms with Gasteiger partial charge in [0.2, 0.25) is 0 Å². The van der Waals surface area contributed by atoms with E-state index in [4.69, 9.17) is 0 Å². The molecular formula is C30H25FN6O2S. The normalized spacial score (nSPS) is 10.7. The molecule has 0 spiro atoms. The van der Waals surface area contributed by atoms with Crippen LogP contribution < -0.4 is 16.0 Å². The molecule has 8 nitrogen and oxygen atoms in total. The Bertz CT molecular complexity index is 1640. The Balaban J connectivity index is 1.28. The summed E-state index contributed by atoms with van der Waals surface area (Å²) >= 11 is 1.47. The smallest absolute Gasteiger partial charge is 0.324 e. The van der Waals surface area contributed by atoms with E-state index in [9.17, 15) is 14.0 Å². The van der Waals surface area contributed by atoms with Crippen LogP contribution in [-0.2, 0) is 6.42 Å². The number of hydrogen-bond donors (Lipinski definition) is 3. The topological polar surface area (TPSA) is 101 Å². The lowest BCUT2D eigenvalue weighted by Gasteiger charge is -2.11. The van der Waals surface area contributed by atoms with Gasteiger partial charge < -0.3 is 10.6 Å². The molecule has 0 aliphatic carbocycles. The zero-order valence-corrected chi connectivity index (χ0v) is 22.3. The highest BCUT2D eigenvalue weighted by atomic mass is 32.2. The number of nitrogens with zero attached hydrogens (tertiary/aromatic N) is 3. The van der Waals surface area contributed by atoms with E-state index < -0.39 is 11.8 Å². The van der Waals surface area contributed by atoms with Crippen LogP contribution in [0.4, 0.5) is 20.7 Å². The third kappa shape index (κ3) is 6.72. The van der Waals surface area contributed by atoms with E-state index in [1.807, 2.05) is 48.5 Å². The molecule has 0 fully saturated rings. The Hall–Kier alpha value is -4.96. The van der Waals surface area contributed by atoms with Crippen LogP contribution in [-0.4, -0.2) is 33.8 Å². The van der Waals surface area contributed by atoms with Gasteiger partial charge in [0.15, 0.2) is 0 Å². The molecule has 5 aromatic rings. The van der Waals surface area contributed by atoms with Gasteiger partial charge in [0.25, 0.3) is 5.91 Å². The van der Waals surface area contributed by atoms with Crippen molar-refractivity contribution in [1.82, 2.24) is 20.1 Å². The summed E-state index contributed by atoms with van der Waals surface area (Å²) in [6.07, 6.45) is 2.15. The van der Waals surface area contributed by atoms with Gasteiger partial charge in [-0.05, 0) is 60.2 Å². The number of benzene rings is 3. The Morgan fingerprint density at radius 1 is 0.875 bits per heavy atom. The van der Waals surface area contributed by atoms with Crippen molar-refractivity contribution in [3.8, 4) is 5.69 Å². The van der Waals surface area contributed by atoms with Crippen LogP contribution in [0, 0.1) is 5.82 Å². The van der Waals surface area contributed by atoms with E-state index >= 15 is 0 Å². The molecular weight excluding hydrogens is 527 g/mol. The number of urea groups is 1. The molecule has 0 unspecified atom stereocenters. The maximum absolute atomic E-state index is 14.0. The van der Waals surface area contributed by atoms with E-state index in [2.05, 4.69) is 26.0 Å². The third-order valence-electron chi connectivity index (χ3n) is 5.82. The van der Waals surface area contributed by atoms with Crippen LogP contribution in [0.15, 0.2) is 113 Å². The average molecular weight is 553 g/mol. The number of pyridine rings is 1. The van der Waals surface area contributed by atoms with Gasteiger partial charge in [0.1, 0.15) is 17.3 Å². The van der Waals surface area contributed by atoms with Crippen LogP contribution in [0.3, 0.4) is 0 Å². The fourth-order valence-corrected chi connectivity index (χ4v) is 4.81. The first-order valence-electron chi connectivity index (χ1n) is 12.4. The van der Waals surface area contributed by atoms with Gasteiger partial charge in [-0.15, -0.1) is 0 Å². The lowest BCUT2D eigenvalue weighted by Crippen LogP contribution is -2.21. The molecule has 200 valence electrons. The number of carbonyl (C=O) groups is 2. The van der Waals surface area contributed by atoms with Crippen LogP contribution in [0.5, 0.6) is 0 Å². The largest absolute Gasteiger partial charge is 0.354 e. The highest BCUT2D eigenvalue weighted by Crippen LogP contribution is 2.29. The molecule has 0 bridgehead atoms. The van der Waals surface area contributed by atoms with E-state index in [-0.39, 0.29) is 5.91 Å². The zero-order chi connectivity index (χ0) is 27.9. The minimum Gasteiger partial charge on any atom is -0.354 e. The van der Waals surface area contributed by atoms with Crippen molar-refractivity contribution in [3.63, 3.8) is 0 Å². The standard InChI is InChI=1S/C30H25FN6O2S/c1-32-29(38)27-19-26(14-15-33-27)40-25-12-10-22(11-13-25)34-30(39)35-28-18-23(16-20-6-3-2-4-7-20)36-37(28)24-9-5-8-21(31)17-24/h2-15,17-19H,16H2,1H3,(H,32,38)(H2,34,35,39). The van der Waals surface area contributed by atoms with Crippen molar-refractivity contribution in [2.45, 2.75) is 16.2 Å². The van der Waals surface area contributed by atoms with Gasteiger partial charge in [0, 0.05) is 41.2 Å². The van der Waals surface area contributed by atoms with E-state index in [1.165, 1.54) is 28.6 Å². The third-order valence-corrected chi connectivity index (χ3v) is 6.82. The Morgan fingerprint density at radius 2 is 1.68 bits per heavy atom. The number of rotatable bonds is 8. The maximum Gasteiger partial charge on any atom is 0.324 e. The van der Waals surface area contributed by atoms with Gasteiger partial charge in [-0.3, -0.25) is 15.1 Å². The molecule has 0 saturated carbocycles. The van der Waals surface area contributed by atoms with Crippen LogP contribution in [0.2, 0.25) is 0 Å². The molecule has 40 heavy (non-hydrogen) atoms. The molecule has 0 aliphatic rings. The van der Waals surface area contributed by atoms with Crippen molar-refractivity contribution in [2.24, 2.45) is 0 Å². The number of aromatic nitrogens is 3. The minimum absolute atomic E-state index is 0.251. The fraction of sp³-hybridized carbons (Fsp3) is 0.0667. The zero-order valence-electron chi connectivity index (χ0n) is 21.5. The van der Waals surface area contributed by atoms with Gasteiger partial charge in [-0.2, -0.15) is 5.10 Å². The Morgan fingerprint density at radius 3 is 2.42 bits per heavy atom. The summed E-state index contributed by atoms with van der Waals surface area (Å²) in [5.41, 5.74) is 3.21. The van der Waals surface area contributed by atoms with E-state index in [0.717, 1.165) is 21.0 Å². The number of halogens is 1. The fourth-order valence-electron chi connectivity index (χ4n) is 3.96. The van der Waals surface area contributed by atoms with Gasteiger partial charge in [-0.1, -0.05) is 48.2 Å². The SMILES string of the molecule is CNC(=O)c1cc(Sc2ccc(NC(=O)Nc3cc(Cc4ccccc4)nn3-c3cccc(F)c3)cc2)ccn1. The van der Waals surface area contributed by atoms with Crippen molar-refractivity contribution in [1.29, 1.82) is 0 Å². The second-order valence-corrected chi connectivity index (χ2v) is 9.88. The number of nitrogens with one attached hydrogen (secondary N) is 3. The lowest BCUT2D eigenvalue weighted by molar-refractivity contribution is 0.0958. The molecule has 2 aromatic heterocycles.